The molecule has 0 aliphatic carbocycles. The molecule has 0 aliphatic rings. The van der Waals surface area contributed by atoms with E-state index in [4.69, 9.17) is 0 Å². The Hall–Kier alpha value is -1.75. The molecule has 0 atom stereocenters. The van der Waals surface area contributed by atoms with Gasteiger partial charge in [-0.3, -0.25) is 4.98 Å². The third-order valence-electron chi connectivity index (χ3n) is 2.09. The molecule has 0 spiro atoms. The summed E-state index contributed by atoms with van der Waals surface area (Å²) >= 11 is 0. The number of hydrogen-bond donors (Lipinski definition) is 0. The van der Waals surface area contributed by atoms with Gasteiger partial charge in [0.1, 0.15) is 0 Å². The molecular formula is C11H10N2O2S. The maximum atomic E-state index is 11.5. The first kappa shape index (κ1) is 10.8. The Morgan fingerprint density at radius 1 is 1.12 bits per heavy atom. The van der Waals surface area contributed by atoms with E-state index in [-0.39, 0.29) is 5.03 Å². The van der Waals surface area contributed by atoms with Crippen molar-refractivity contribution in [3.05, 3.63) is 42.9 Å². The van der Waals surface area contributed by atoms with Crippen molar-refractivity contribution in [1.29, 1.82) is 0 Å². The van der Waals surface area contributed by atoms with E-state index in [0.29, 0.717) is 5.56 Å². The van der Waals surface area contributed by atoms with E-state index >= 15 is 0 Å². The van der Waals surface area contributed by atoms with Crippen molar-refractivity contribution in [3.8, 4) is 11.1 Å². The lowest BCUT2D eigenvalue weighted by Gasteiger charge is -2.05. The number of pyridine rings is 2. The van der Waals surface area contributed by atoms with Crippen LogP contribution in [0, 0.1) is 0 Å². The fourth-order valence-electron chi connectivity index (χ4n) is 1.43. The number of aromatic nitrogens is 2. The molecule has 2 aromatic rings. The van der Waals surface area contributed by atoms with E-state index in [0.717, 1.165) is 11.8 Å². The molecule has 2 rings (SSSR count). The zero-order valence-corrected chi connectivity index (χ0v) is 9.48. The second kappa shape index (κ2) is 4.02. The maximum absolute atomic E-state index is 11.5. The van der Waals surface area contributed by atoms with Gasteiger partial charge in [0.25, 0.3) is 0 Å². The van der Waals surface area contributed by atoms with E-state index in [1.807, 2.05) is 0 Å². The third kappa shape index (κ3) is 2.09. The zero-order chi connectivity index (χ0) is 11.6. The Bertz CT molecular complexity index is 594. The van der Waals surface area contributed by atoms with Gasteiger partial charge in [-0.1, -0.05) is 6.07 Å². The van der Waals surface area contributed by atoms with Crippen LogP contribution in [-0.2, 0) is 9.84 Å². The van der Waals surface area contributed by atoms with Crippen molar-refractivity contribution in [2.75, 3.05) is 6.26 Å². The van der Waals surface area contributed by atoms with Gasteiger partial charge in [-0.2, -0.15) is 0 Å². The summed E-state index contributed by atoms with van der Waals surface area (Å²) in [5, 5.41) is 0.0861. The van der Waals surface area contributed by atoms with Crippen LogP contribution in [0.25, 0.3) is 11.1 Å². The highest BCUT2D eigenvalue weighted by Gasteiger charge is 2.15. The number of sulfone groups is 1. The van der Waals surface area contributed by atoms with Crippen LogP contribution in [0.15, 0.2) is 47.9 Å². The molecular weight excluding hydrogens is 224 g/mol. The van der Waals surface area contributed by atoms with Crippen molar-refractivity contribution < 1.29 is 8.42 Å². The molecule has 0 N–H and O–H groups in total. The molecule has 4 nitrogen and oxygen atoms in total. The molecule has 0 unspecified atom stereocenters. The topological polar surface area (TPSA) is 59.9 Å². The lowest BCUT2D eigenvalue weighted by Crippen LogP contribution is -2.02. The van der Waals surface area contributed by atoms with Gasteiger partial charge in [0.2, 0.25) is 0 Å². The van der Waals surface area contributed by atoms with Crippen molar-refractivity contribution in [2.45, 2.75) is 5.03 Å². The van der Waals surface area contributed by atoms with Crippen LogP contribution in [0.5, 0.6) is 0 Å². The molecule has 82 valence electrons. The second-order valence-electron chi connectivity index (χ2n) is 3.37. The largest absolute Gasteiger partial charge is 0.264 e. The Morgan fingerprint density at radius 3 is 2.50 bits per heavy atom. The zero-order valence-electron chi connectivity index (χ0n) is 8.66. The van der Waals surface area contributed by atoms with E-state index in [1.165, 1.54) is 6.20 Å². The highest BCUT2D eigenvalue weighted by Crippen LogP contribution is 2.24. The van der Waals surface area contributed by atoms with Crippen LogP contribution in [0.3, 0.4) is 0 Å². The lowest BCUT2D eigenvalue weighted by molar-refractivity contribution is 0.598. The number of hydrogen-bond acceptors (Lipinski definition) is 4. The van der Waals surface area contributed by atoms with E-state index in [9.17, 15) is 8.42 Å². The molecule has 16 heavy (non-hydrogen) atoms. The summed E-state index contributed by atoms with van der Waals surface area (Å²) in [6.07, 6.45) is 5.87. The standard InChI is InChI=1S/C11H10N2O2S/c1-16(14,15)11-10(5-3-7-13-11)9-4-2-6-12-8-9/h2-8H,1H3. The first-order valence-corrected chi connectivity index (χ1v) is 6.53. The van der Waals surface area contributed by atoms with E-state index in [1.54, 1.807) is 36.7 Å². The van der Waals surface area contributed by atoms with Gasteiger partial charge in [-0.15, -0.1) is 0 Å². The van der Waals surface area contributed by atoms with Crippen molar-refractivity contribution in [1.82, 2.24) is 9.97 Å². The van der Waals surface area contributed by atoms with Crippen molar-refractivity contribution in [2.24, 2.45) is 0 Å². The Labute approximate surface area is 93.9 Å². The Balaban J connectivity index is 2.68. The van der Waals surface area contributed by atoms with Gasteiger partial charge >= 0.3 is 0 Å². The van der Waals surface area contributed by atoms with Gasteiger partial charge in [0.05, 0.1) is 0 Å². The van der Waals surface area contributed by atoms with Gasteiger partial charge in [-0.25, -0.2) is 13.4 Å². The molecule has 0 fully saturated rings. The molecule has 0 radical (unpaired) electrons. The smallest absolute Gasteiger partial charge is 0.193 e. The lowest BCUT2D eigenvalue weighted by atomic mass is 10.1. The summed E-state index contributed by atoms with van der Waals surface area (Å²) in [5.74, 6) is 0. The summed E-state index contributed by atoms with van der Waals surface area (Å²) in [6, 6.07) is 6.99. The average molecular weight is 234 g/mol. The van der Waals surface area contributed by atoms with Crippen LogP contribution < -0.4 is 0 Å². The average Bonchev–Trinajstić information content (AvgIpc) is 2.29. The summed E-state index contributed by atoms with van der Waals surface area (Å²) in [6.45, 7) is 0. The summed E-state index contributed by atoms with van der Waals surface area (Å²) in [4.78, 5) is 7.87. The highest BCUT2D eigenvalue weighted by molar-refractivity contribution is 7.90. The van der Waals surface area contributed by atoms with Gasteiger partial charge < -0.3 is 0 Å². The quantitative estimate of drug-likeness (QED) is 0.791. The molecule has 0 aliphatic heterocycles. The summed E-state index contributed by atoms with van der Waals surface area (Å²) in [7, 11) is -3.32. The minimum absolute atomic E-state index is 0.0861. The molecule has 5 heteroatoms. The first-order chi connectivity index (χ1) is 7.59. The Kier molecular flexibility index (Phi) is 2.70. The molecule has 0 saturated carbocycles. The maximum Gasteiger partial charge on any atom is 0.193 e. The molecule has 2 heterocycles. The predicted molar refractivity (Wildman–Crippen MR) is 60.6 cm³/mol. The third-order valence-corrected chi connectivity index (χ3v) is 3.12. The summed E-state index contributed by atoms with van der Waals surface area (Å²) < 4.78 is 23.1. The number of nitrogens with zero attached hydrogens (tertiary/aromatic N) is 2. The minimum atomic E-state index is -3.32. The van der Waals surface area contributed by atoms with E-state index in [2.05, 4.69) is 9.97 Å². The van der Waals surface area contributed by atoms with Gasteiger partial charge in [0.15, 0.2) is 14.9 Å². The van der Waals surface area contributed by atoms with Crippen LogP contribution in [0.2, 0.25) is 0 Å². The normalized spacial score (nSPS) is 11.3. The highest BCUT2D eigenvalue weighted by atomic mass is 32.2. The number of rotatable bonds is 2. The molecule has 0 aromatic carbocycles. The van der Waals surface area contributed by atoms with Crippen LogP contribution in [0.1, 0.15) is 0 Å². The Morgan fingerprint density at radius 2 is 1.88 bits per heavy atom. The van der Waals surface area contributed by atoms with Gasteiger partial charge in [0, 0.05) is 36.0 Å². The van der Waals surface area contributed by atoms with E-state index < -0.39 is 9.84 Å². The second-order valence-corrected chi connectivity index (χ2v) is 5.30. The molecule has 0 bridgehead atoms. The van der Waals surface area contributed by atoms with Crippen LogP contribution >= 0.6 is 0 Å². The minimum Gasteiger partial charge on any atom is -0.264 e. The summed E-state index contributed by atoms with van der Waals surface area (Å²) in [5.41, 5.74) is 1.33. The molecule has 0 saturated heterocycles. The SMILES string of the molecule is CS(=O)(=O)c1ncccc1-c1cccnc1. The first-order valence-electron chi connectivity index (χ1n) is 4.64. The van der Waals surface area contributed by atoms with Crippen LogP contribution in [0.4, 0.5) is 0 Å². The van der Waals surface area contributed by atoms with Gasteiger partial charge in [-0.05, 0) is 18.2 Å². The monoisotopic (exact) mass is 234 g/mol. The fourth-order valence-corrected chi connectivity index (χ4v) is 2.27. The van der Waals surface area contributed by atoms with Crippen molar-refractivity contribution >= 4 is 9.84 Å². The predicted octanol–water partition coefficient (Wildman–Crippen LogP) is 1.55. The van der Waals surface area contributed by atoms with Crippen LogP contribution in [-0.4, -0.2) is 24.6 Å². The fraction of sp³-hybridized carbons (Fsp3) is 0.0909. The molecule has 2 aromatic heterocycles. The molecule has 0 amide bonds. The van der Waals surface area contributed by atoms with Crippen molar-refractivity contribution in [3.63, 3.8) is 0 Å².